The van der Waals surface area contributed by atoms with Crippen LogP contribution in [0.2, 0.25) is 0 Å². The SMILES string of the molecule is CNC1CCCC1c1nc(CSC(C)C)no1. The lowest BCUT2D eigenvalue weighted by Gasteiger charge is -2.14. The number of likely N-dealkylation sites (N-methyl/N-ethyl adjacent to an activating group) is 1. The van der Waals surface area contributed by atoms with Crippen LogP contribution in [0.3, 0.4) is 0 Å². The first-order valence-electron chi connectivity index (χ1n) is 6.32. The Bertz CT molecular complexity index is 353. The topological polar surface area (TPSA) is 51.0 Å². The molecule has 2 unspecified atom stereocenters. The number of hydrogen-bond acceptors (Lipinski definition) is 5. The molecule has 1 aliphatic rings. The highest BCUT2D eigenvalue weighted by molar-refractivity contribution is 7.99. The Morgan fingerprint density at radius 1 is 1.47 bits per heavy atom. The van der Waals surface area contributed by atoms with Crippen LogP contribution in [0.15, 0.2) is 4.52 Å². The van der Waals surface area contributed by atoms with E-state index in [4.69, 9.17) is 4.52 Å². The summed E-state index contributed by atoms with van der Waals surface area (Å²) >= 11 is 1.85. The number of nitrogens with one attached hydrogen (secondary N) is 1. The molecule has 1 aliphatic carbocycles. The van der Waals surface area contributed by atoms with E-state index in [9.17, 15) is 0 Å². The smallest absolute Gasteiger partial charge is 0.231 e. The predicted octanol–water partition coefficient (Wildman–Crippen LogP) is 2.57. The highest BCUT2D eigenvalue weighted by Crippen LogP contribution is 2.33. The van der Waals surface area contributed by atoms with E-state index in [0.29, 0.717) is 17.2 Å². The zero-order valence-electron chi connectivity index (χ0n) is 10.8. The van der Waals surface area contributed by atoms with Crippen LogP contribution in [0.4, 0.5) is 0 Å². The van der Waals surface area contributed by atoms with Crippen LogP contribution in [0.1, 0.15) is 50.7 Å². The highest BCUT2D eigenvalue weighted by Gasteiger charge is 2.31. The molecule has 0 bridgehead atoms. The lowest BCUT2D eigenvalue weighted by Crippen LogP contribution is -2.27. The van der Waals surface area contributed by atoms with E-state index in [2.05, 4.69) is 29.3 Å². The van der Waals surface area contributed by atoms with Crippen LogP contribution in [-0.4, -0.2) is 28.5 Å². The van der Waals surface area contributed by atoms with Gasteiger partial charge in [0.25, 0.3) is 0 Å². The monoisotopic (exact) mass is 255 g/mol. The number of nitrogens with zero attached hydrogens (tertiary/aromatic N) is 2. The van der Waals surface area contributed by atoms with Crippen molar-refractivity contribution in [3.05, 3.63) is 11.7 Å². The molecule has 0 aliphatic heterocycles. The summed E-state index contributed by atoms with van der Waals surface area (Å²) in [5, 5.41) is 8.01. The van der Waals surface area contributed by atoms with Crippen molar-refractivity contribution >= 4 is 11.8 Å². The van der Waals surface area contributed by atoms with E-state index in [0.717, 1.165) is 23.9 Å². The van der Waals surface area contributed by atoms with Crippen molar-refractivity contribution in [1.82, 2.24) is 15.5 Å². The van der Waals surface area contributed by atoms with Gasteiger partial charge in [-0.3, -0.25) is 0 Å². The molecule has 0 amide bonds. The summed E-state index contributed by atoms with van der Waals surface area (Å²) in [6.07, 6.45) is 3.61. The number of hydrogen-bond donors (Lipinski definition) is 1. The minimum atomic E-state index is 0.408. The molecule has 1 fully saturated rings. The molecule has 2 rings (SSSR count). The molecule has 0 aromatic carbocycles. The molecule has 96 valence electrons. The number of aromatic nitrogens is 2. The van der Waals surface area contributed by atoms with Crippen molar-refractivity contribution in [2.45, 2.75) is 56.1 Å². The van der Waals surface area contributed by atoms with Gasteiger partial charge < -0.3 is 9.84 Å². The fourth-order valence-electron chi connectivity index (χ4n) is 2.32. The maximum atomic E-state index is 5.40. The van der Waals surface area contributed by atoms with Crippen molar-refractivity contribution in [2.24, 2.45) is 0 Å². The standard InChI is InChI=1S/C12H21N3OS/c1-8(2)17-7-11-14-12(16-15-11)9-5-4-6-10(9)13-3/h8-10,13H,4-7H2,1-3H3. The van der Waals surface area contributed by atoms with E-state index in [1.54, 1.807) is 0 Å². The van der Waals surface area contributed by atoms with Crippen molar-refractivity contribution < 1.29 is 4.52 Å². The maximum Gasteiger partial charge on any atom is 0.231 e. The van der Waals surface area contributed by atoms with E-state index >= 15 is 0 Å². The van der Waals surface area contributed by atoms with Crippen LogP contribution in [0.25, 0.3) is 0 Å². The Morgan fingerprint density at radius 3 is 3.00 bits per heavy atom. The molecular weight excluding hydrogens is 234 g/mol. The van der Waals surface area contributed by atoms with Gasteiger partial charge >= 0.3 is 0 Å². The van der Waals surface area contributed by atoms with E-state index < -0.39 is 0 Å². The lowest BCUT2D eigenvalue weighted by molar-refractivity contribution is 0.333. The third-order valence-corrected chi connectivity index (χ3v) is 4.33. The molecular formula is C12H21N3OS. The summed E-state index contributed by atoms with van der Waals surface area (Å²) in [7, 11) is 2.01. The molecule has 1 N–H and O–H groups in total. The van der Waals surface area contributed by atoms with Crippen LogP contribution in [0, 0.1) is 0 Å². The molecule has 1 saturated carbocycles. The summed E-state index contributed by atoms with van der Waals surface area (Å²) in [5.74, 6) is 2.91. The van der Waals surface area contributed by atoms with Gasteiger partial charge in [0.05, 0.1) is 11.7 Å². The molecule has 0 saturated heterocycles. The first-order chi connectivity index (χ1) is 8.20. The van der Waals surface area contributed by atoms with Crippen molar-refractivity contribution in [3.63, 3.8) is 0 Å². The van der Waals surface area contributed by atoms with Gasteiger partial charge in [0.1, 0.15) is 0 Å². The molecule has 17 heavy (non-hydrogen) atoms. The summed E-state index contributed by atoms with van der Waals surface area (Å²) in [5.41, 5.74) is 0. The molecule has 0 radical (unpaired) electrons. The fraction of sp³-hybridized carbons (Fsp3) is 0.833. The summed E-state index contributed by atoms with van der Waals surface area (Å²) in [6.45, 7) is 4.36. The average molecular weight is 255 g/mol. The Hall–Kier alpha value is -0.550. The minimum absolute atomic E-state index is 0.408. The normalized spacial score (nSPS) is 24.7. The van der Waals surface area contributed by atoms with Crippen LogP contribution in [0.5, 0.6) is 0 Å². The Morgan fingerprint density at radius 2 is 2.29 bits per heavy atom. The van der Waals surface area contributed by atoms with Gasteiger partial charge in [-0.25, -0.2) is 0 Å². The highest BCUT2D eigenvalue weighted by atomic mass is 32.2. The van der Waals surface area contributed by atoms with Gasteiger partial charge in [-0.15, -0.1) is 0 Å². The first kappa shape index (κ1) is 12.9. The van der Waals surface area contributed by atoms with Crippen LogP contribution >= 0.6 is 11.8 Å². The van der Waals surface area contributed by atoms with Gasteiger partial charge in [0.2, 0.25) is 5.89 Å². The molecule has 5 heteroatoms. The quantitative estimate of drug-likeness (QED) is 0.876. The molecule has 4 nitrogen and oxygen atoms in total. The molecule has 1 aromatic rings. The minimum Gasteiger partial charge on any atom is -0.339 e. The third kappa shape index (κ3) is 3.22. The van der Waals surface area contributed by atoms with Crippen LogP contribution < -0.4 is 5.32 Å². The van der Waals surface area contributed by atoms with Gasteiger partial charge in [-0.05, 0) is 25.1 Å². The second kappa shape index (κ2) is 5.87. The summed E-state index contributed by atoms with van der Waals surface area (Å²) in [4.78, 5) is 4.52. The molecule has 2 atom stereocenters. The zero-order valence-corrected chi connectivity index (χ0v) is 11.6. The first-order valence-corrected chi connectivity index (χ1v) is 7.37. The zero-order chi connectivity index (χ0) is 12.3. The Kier molecular flexibility index (Phi) is 4.45. The second-order valence-corrected chi connectivity index (χ2v) is 6.41. The van der Waals surface area contributed by atoms with E-state index in [1.807, 2.05) is 18.8 Å². The molecule has 0 spiro atoms. The largest absolute Gasteiger partial charge is 0.339 e. The summed E-state index contributed by atoms with van der Waals surface area (Å²) in [6, 6.07) is 0.501. The lowest BCUT2D eigenvalue weighted by atomic mass is 10.0. The third-order valence-electron chi connectivity index (χ3n) is 3.23. The van der Waals surface area contributed by atoms with E-state index in [-0.39, 0.29) is 0 Å². The molecule has 1 heterocycles. The number of rotatable bonds is 5. The van der Waals surface area contributed by atoms with Crippen molar-refractivity contribution in [1.29, 1.82) is 0 Å². The van der Waals surface area contributed by atoms with Crippen molar-refractivity contribution in [3.8, 4) is 0 Å². The van der Waals surface area contributed by atoms with Crippen molar-refractivity contribution in [2.75, 3.05) is 7.05 Å². The van der Waals surface area contributed by atoms with Crippen LogP contribution in [-0.2, 0) is 5.75 Å². The van der Waals surface area contributed by atoms with Gasteiger partial charge in [-0.2, -0.15) is 16.7 Å². The maximum absolute atomic E-state index is 5.40. The van der Waals surface area contributed by atoms with Gasteiger partial charge in [-0.1, -0.05) is 25.4 Å². The van der Waals surface area contributed by atoms with Gasteiger partial charge in [0.15, 0.2) is 5.82 Å². The molecule has 1 aromatic heterocycles. The predicted molar refractivity (Wildman–Crippen MR) is 70.2 cm³/mol. The fourth-order valence-corrected chi connectivity index (χ4v) is 2.92. The van der Waals surface area contributed by atoms with Gasteiger partial charge in [0, 0.05) is 6.04 Å². The summed E-state index contributed by atoms with van der Waals surface area (Å²) < 4.78 is 5.40. The Labute approximate surface area is 107 Å². The number of thioether (sulfide) groups is 1. The second-order valence-electron chi connectivity index (χ2n) is 4.84. The Balaban J connectivity index is 1.97. The van der Waals surface area contributed by atoms with E-state index in [1.165, 1.54) is 12.8 Å². The average Bonchev–Trinajstić information content (AvgIpc) is 2.94.